The van der Waals surface area contributed by atoms with E-state index in [9.17, 15) is 9.59 Å². The second-order valence-corrected chi connectivity index (χ2v) is 7.65. The smallest absolute Gasteiger partial charge is 0.410 e. The molecule has 0 radical (unpaired) electrons. The second kappa shape index (κ2) is 9.80. The van der Waals surface area contributed by atoms with Crippen LogP contribution in [0, 0.1) is 0 Å². The molecule has 2 atom stereocenters. The summed E-state index contributed by atoms with van der Waals surface area (Å²) in [5, 5.41) is 3.20. The summed E-state index contributed by atoms with van der Waals surface area (Å²) in [6.07, 6.45) is 5.54. The highest BCUT2D eigenvalue weighted by Gasteiger charge is 2.33. The van der Waals surface area contributed by atoms with Gasteiger partial charge in [0.2, 0.25) is 0 Å². The summed E-state index contributed by atoms with van der Waals surface area (Å²) in [5.41, 5.74) is 0.684. The van der Waals surface area contributed by atoms with Crippen molar-refractivity contribution < 1.29 is 14.3 Å². The zero-order valence-electron chi connectivity index (χ0n) is 16.7. The van der Waals surface area contributed by atoms with E-state index in [2.05, 4.69) is 23.2 Å². The predicted molar refractivity (Wildman–Crippen MR) is 100 cm³/mol. The van der Waals surface area contributed by atoms with Gasteiger partial charge in [0.05, 0.1) is 6.04 Å². The van der Waals surface area contributed by atoms with E-state index in [0.29, 0.717) is 19.6 Å². The highest BCUT2D eigenvalue weighted by atomic mass is 16.6. The van der Waals surface area contributed by atoms with Crippen LogP contribution in [0.3, 0.4) is 0 Å². The van der Waals surface area contributed by atoms with E-state index in [1.807, 2.05) is 34.7 Å². The van der Waals surface area contributed by atoms with Crippen molar-refractivity contribution in [3.05, 3.63) is 11.8 Å². The van der Waals surface area contributed by atoms with Gasteiger partial charge in [-0.2, -0.15) is 0 Å². The van der Waals surface area contributed by atoms with Crippen LogP contribution in [0.5, 0.6) is 0 Å². The summed E-state index contributed by atoms with van der Waals surface area (Å²) in [6, 6.07) is -0.0853. The first kappa shape index (κ1) is 21.5. The lowest BCUT2D eigenvalue weighted by Crippen LogP contribution is -2.57. The van der Waals surface area contributed by atoms with Gasteiger partial charge in [-0.3, -0.25) is 4.90 Å². The molecule has 144 valence electrons. The Hall–Kier alpha value is -1.56. The maximum atomic E-state index is 12.3. The minimum absolute atomic E-state index is 0.0287. The lowest BCUT2D eigenvalue weighted by atomic mass is 10.1. The summed E-state index contributed by atoms with van der Waals surface area (Å²) in [7, 11) is 1.92. The van der Waals surface area contributed by atoms with Crippen LogP contribution in [0.2, 0.25) is 0 Å². The number of nitrogens with zero attached hydrogens (tertiary/aromatic N) is 2. The highest BCUT2D eigenvalue weighted by molar-refractivity contribution is 5.68. The minimum atomic E-state index is -0.492. The molecular weight excluding hydrogens is 318 g/mol. The van der Waals surface area contributed by atoms with E-state index in [0.717, 1.165) is 25.5 Å². The predicted octanol–water partition coefficient (Wildman–Crippen LogP) is 2.79. The molecule has 2 unspecified atom stereocenters. The average Bonchev–Trinajstić information content (AvgIpc) is 2.52. The van der Waals surface area contributed by atoms with Gasteiger partial charge >= 0.3 is 6.09 Å². The topological polar surface area (TPSA) is 61.9 Å². The molecule has 1 aliphatic heterocycles. The highest BCUT2D eigenvalue weighted by Crippen LogP contribution is 2.19. The molecule has 1 aliphatic rings. The zero-order valence-corrected chi connectivity index (χ0v) is 16.7. The standard InChI is InChI=1S/C19H35N3O3/c1-7-8-16(20-6)9-10-17(14-23)21-11-12-22(15(2)13-21)18(24)25-19(3,4)5/h8,14-15,17,20H,7,9-13H2,1-6H3/b16-8-. The Labute approximate surface area is 152 Å². The molecule has 0 spiro atoms. The van der Waals surface area contributed by atoms with E-state index in [1.54, 1.807) is 4.90 Å². The number of amides is 1. The van der Waals surface area contributed by atoms with Gasteiger partial charge in [0.15, 0.2) is 0 Å². The van der Waals surface area contributed by atoms with Crippen LogP contribution in [0.1, 0.15) is 53.9 Å². The minimum Gasteiger partial charge on any atom is -0.444 e. The third kappa shape index (κ3) is 7.06. The van der Waals surface area contributed by atoms with Gasteiger partial charge in [-0.1, -0.05) is 13.0 Å². The molecule has 1 amide bonds. The van der Waals surface area contributed by atoms with Crippen LogP contribution in [0.25, 0.3) is 0 Å². The van der Waals surface area contributed by atoms with Crippen molar-refractivity contribution in [2.24, 2.45) is 0 Å². The Balaban J connectivity index is 2.60. The Morgan fingerprint density at radius 3 is 2.52 bits per heavy atom. The molecule has 6 nitrogen and oxygen atoms in total. The lowest BCUT2D eigenvalue weighted by molar-refractivity contribution is -0.113. The third-order valence-corrected chi connectivity index (χ3v) is 4.39. The van der Waals surface area contributed by atoms with Gasteiger partial charge in [-0.15, -0.1) is 0 Å². The zero-order chi connectivity index (χ0) is 19.0. The largest absolute Gasteiger partial charge is 0.444 e. The Bertz CT molecular complexity index is 471. The van der Waals surface area contributed by atoms with E-state index < -0.39 is 5.60 Å². The van der Waals surface area contributed by atoms with Crippen molar-refractivity contribution in [2.45, 2.75) is 71.6 Å². The SMILES string of the molecule is CC/C=C(/CCC(C=O)N1CCN(C(=O)OC(C)(C)C)C(C)C1)NC. The molecule has 6 heteroatoms. The first-order valence-electron chi connectivity index (χ1n) is 9.27. The lowest BCUT2D eigenvalue weighted by Gasteiger charge is -2.42. The first-order chi connectivity index (χ1) is 11.7. The number of ether oxygens (including phenoxy) is 1. The van der Waals surface area contributed by atoms with Crippen molar-refractivity contribution in [1.82, 2.24) is 15.1 Å². The van der Waals surface area contributed by atoms with Crippen LogP contribution < -0.4 is 5.32 Å². The molecule has 0 aliphatic carbocycles. The molecule has 1 N–H and O–H groups in total. The second-order valence-electron chi connectivity index (χ2n) is 7.65. The number of carbonyl (C=O) groups excluding carboxylic acids is 2. The summed E-state index contributed by atoms with van der Waals surface area (Å²) in [6.45, 7) is 11.7. The van der Waals surface area contributed by atoms with Gasteiger partial charge in [0, 0.05) is 38.4 Å². The number of nitrogens with one attached hydrogen (secondary N) is 1. The fraction of sp³-hybridized carbons (Fsp3) is 0.789. The van der Waals surface area contributed by atoms with Gasteiger partial charge in [0.1, 0.15) is 11.9 Å². The van der Waals surface area contributed by atoms with Crippen LogP contribution in [-0.2, 0) is 9.53 Å². The van der Waals surface area contributed by atoms with Crippen molar-refractivity contribution >= 4 is 12.4 Å². The van der Waals surface area contributed by atoms with Crippen LogP contribution in [0.4, 0.5) is 4.79 Å². The first-order valence-corrected chi connectivity index (χ1v) is 9.27. The van der Waals surface area contributed by atoms with Crippen molar-refractivity contribution in [3.63, 3.8) is 0 Å². The molecule has 0 aromatic heterocycles. The summed E-state index contributed by atoms with van der Waals surface area (Å²) in [5.74, 6) is 0. The Morgan fingerprint density at radius 2 is 2.04 bits per heavy atom. The Kier molecular flexibility index (Phi) is 8.42. The van der Waals surface area contributed by atoms with E-state index in [-0.39, 0.29) is 18.2 Å². The molecule has 0 bridgehead atoms. The fourth-order valence-electron chi connectivity index (χ4n) is 3.09. The maximum absolute atomic E-state index is 12.3. The van der Waals surface area contributed by atoms with Crippen molar-refractivity contribution in [3.8, 4) is 0 Å². The molecule has 25 heavy (non-hydrogen) atoms. The van der Waals surface area contributed by atoms with Crippen molar-refractivity contribution in [1.29, 1.82) is 0 Å². The molecule has 1 rings (SSSR count). The molecule has 1 saturated heterocycles. The van der Waals surface area contributed by atoms with Crippen LogP contribution in [0.15, 0.2) is 11.8 Å². The monoisotopic (exact) mass is 353 g/mol. The van der Waals surface area contributed by atoms with E-state index >= 15 is 0 Å². The van der Waals surface area contributed by atoms with E-state index in [1.165, 1.54) is 5.70 Å². The van der Waals surface area contributed by atoms with Crippen LogP contribution in [-0.4, -0.2) is 66.5 Å². The van der Waals surface area contributed by atoms with Crippen molar-refractivity contribution in [2.75, 3.05) is 26.7 Å². The number of hydrogen-bond acceptors (Lipinski definition) is 5. The number of allylic oxidation sites excluding steroid dienone is 2. The number of hydrogen-bond donors (Lipinski definition) is 1. The molecule has 0 aromatic carbocycles. The van der Waals surface area contributed by atoms with Gasteiger partial charge in [0.25, 0.3) is 0 Å². The summed E-state index contributed by atoms with van der Waals surface area (Å²) >= 11 is 0. The maximum Gasteiger partial charge on any atom is 0.410 e. The average molecular weight is 354 g/mol. The third-order valence-electron chi connectivity index (χ3n) is 4.39. The summed E-state index contributed by atoms with van der Waals surface area (Å²) in [4.78, 5) is 27.8. The molecule has 0 aromatic rings. The van der Waals surface area contributed by atoms with Gasteiger partial charge in [-0.25, -0.2) is 4.79 Å². The normalized spacial score (nSPS) is 21.0. The van der Waals surface area contributed by atoms with E-state index in [4.69, 9.17) is 4.74 Å². The van der Waals surface area contributed by atoms with Crippen LogP contribution >= 0.6 is 0 Å². The summed E-state index contributed by atoms with van der Waals surface area (Å²) < 4.78 is 5.47. The number of aldehydes is 1. The fourth-order valence-corrected chi connectivity index (χ4v) is 3.09. The Morgan fingerprint density at radius 1 is 1.36 bits per heavy atom. The molecule has 0 saturated carbocycles. The molecular formula is C19H35N3O3. The number of piperazine rings is 1. The quantitative estimate of drug-likeness (QED) is 0.713. The molecule has 1 heterocycles. The number of rotatable bonds is 7. The molecule has 1 fully saturated rings. The van der Waals surface area contributed by atoms with Gasteiger partial charge < -0.3 is 19.7 Å². The van der Waals surface area contributed by atoms with Gasteiger partial charge in [-0.05, 0) is 47.0 Å². The number of carbonyl (C=O) groups is 2.